The number of rotatable bonds is 1. The van der Waals surface area contributed by atoms with Gasteiger partial charge in [-0.1, -0.05) is 0 Å². The largest absolute Gasteiger partial charge is 0.418 e. The molecule has 1 amide bonds. The Labute approximate surface area is 109 Å². The summed E-state index contributed by atoms with van der Waals surface area (Å²) in [5, 5.41) is 9.68. The zero-order chi connectivity index (χ0) is 14.1. The van der Waals surface area contributed by atoms with Crippen LogP contribution < -0.4 is 0 Å². The molecular formula is C12H18F3NO3. The highest BCUT2D eigenvalue weighted by atomic mass is 19.4. The van der Waals surface area contributed by atoms with Gasteiger partial charge in [0.1, 0.15) is 0 Å². The predicted octanol–water partition coefficient (Wildman–Crippen LogP) is 1.33. The van der Waals surface area contributed by atoms with Gasteiger partial charge in [-0.3, -0.25) is 4.79 Å². The van der Waals surface area contributed by atoms with E-state index in [1.54, 1.807) is 0 Å². The number of piperidine rings is 1. The first-order valence-corrected chi connectivity index (χ1v) is 6.49. The number of hydrogen-bond acceptors (Lipinski definition) is 3. The molecule has 2 heterocycles. The second kappa shape index (κ2) is 5.28. The summed E-state index contributed by atoms with van der Waals surface area (Å²) in [4.78, 5) is 13.3. The van der Waals surface area contributed by atoms with Crippen LogP contribution in [-0.2, 0) is 9.53 Å². The molecule has 2 rings (SSSR count). The average Bonchev–Trinajstić information content (AvgIpc) is 2.38. The fraction of sp³-hybridized carbons (Fsp3) is 0.917. The monoisotopic (exact) mass is 281 g/mol. The van der Waals surface area contributed by atoms with Crippen LogP contribution in [0.25, 0.3) is 0 Å². The third-order valence-electron chi connectivity index (χ3n) is 3.88. The van der Waals surface area contributed by atoms with E-state index in [9.17, 15) is 23.1 Å². The third-order valence-corrected chi connectivity index (χ3v) is 3.88. The normalized spacial score (nSPS) is 30.4. The topological polar surface area (TPSA) is 49.8 Å². The summed E-state index contributed by atoms with van der Waals surface area (Å²) in [6.07, 6.45) is -3.78. The molecule has 2 aliphatic rings. The van der Waals surface area contributed by atoms with Gasteiger partial charge in [-0.2, -0.15) is 13.2 Å². The van der Waals surface area contributed by atoms with Crippen molar-refractivity contribution < 1.29 is 27.8 Å². The van der Waals surface area contributed by atoms with Crippen LogP contribution in [0, 0.1) is 5.92 Å². The molecule has 0 aliphatic carbocycles. The van der Waals surface area contributed by atoms with Gasteiger partial charge in [0, 0.05) is 25.7 Å². The molecule has 0 radical (unpaired) electrons. The van der Waals surface area contributed by atoms with Gasteiger partial charge < -0.3 is 14.7 Å². The SMILES string of the molecule is O=C(C1CCOCC1)N1CCCC(O)(C(F)(F)F)C1. The van der Waals surface area contributed by atoms with Crippen LogP contribution in [0.15, 0.2) is 0 Å². The highest BCUT2D eigenvalue weighted by molar-refractivity contribution is 5.79. The van der Waals surface area contributed by atoms with Crippen molar-refractivity contribution in [3.05, 3.63) is 0 Å². The smallest absolute Gasteiger partial charge is 0.381 e. The lowest BCUT2D eigenvalue weighted by molar-refractivity contribution is -0.273. The molecule has 0 spiro atoms. The Morgan fingerprint density at radius 1 is 1.32 bits per heavy atom. The molecule has 0 saturated carbocycles. The molecular weight excluding hydrogens is 263 g/mol. The number of β-amino-alcohol motifs (C(OH)–C–C–N with tert-alkyl or cyclic N) is 1. The van der Waals surface area contributed by atoms with Gasteiger partial charge in [0.15, 0.2) is 5.60 Å². The summed E-state index contributed by atoms with van der Waals surface area (Å²) in [5.74, 6) is -0.560. The van der Waals surface area contributed by atoms with Crippen LogP contribution >= 0.6 is 0 Å². The maximum atomic E-state index is 12.8. The number of nitrogens with zero attached hydrogens (tertiary/aromatic N) is 1. The standard InChI is InChI=1S/C12H18F3NO3/c13-12(14,15)11(18)4-1-5-16(8-11)10(17)9-2-6-19-7-3-9/h9,18H,1-8H2. The maximum Gasteiger partial charge on any atom is 0.418 e. The molecule has 1 atom stereocenters. The van der Waals surface area contributed by atoms with E-state index in [2.05, 4.69) is 0 Å². The summed E-state index contributed by atoms with van der Waals surface area (Å²) in [6, 6.07) is 0. The number of alkyl halides is 3. The van der Waals surface area contributed by atoms with Crippen molar-refractivity contribution in [3.8, 4) is 0 Å². The minimum Gasteiger partial charge on any atom is -0.381 e. The Balaban J connectivity index is 2.02. The molecule has 0 aromatic carbocycles. The highest BCUT2D eigenvalue weighted by Gasteiger charge is 2.56. The molecule has 0 bridgehead atoms. The summed E-state index contributed by atoms with van der Waals surface area (Å²) < 4.78 is 43.5. The van der Waals surface area contributed by atoms with Crippen LogP contribution in [0.5, 0.6) is 0 Å². The minimum atomic E-state index is -4.69. The van der Waals surface area contributed by atoms with E-state index in [0.29, 0.717) is 26.1 Å². The number of ether oxygens (including phenoxy) is 1. The molecule has 0 aromatic heterocycles. The first kappa shape index (κ1) is 14.6. The van der Waals surface area contributed by atoms with Gasteiger partial charge in [-0.25, -0.2) is 0 Å². The minimum absolute atomic E-state index is 0.172. The van der Waals surface area contributed by atoms with Gasteiger partial charge in [0.2, 0.25) is 5.91 Å². The lowest BCUT2D eigenvalue weighted by Gasteiger charge is -2.41. The van der Waals surface area contributed by atoms with Crippen molar-refractivity contribution in [2.24, 2.45) is 5.92 Å². The Bertz CT molecular complexity index is 342. The quantitative estimate of drug-likeness (QED) is 0.789. The fourth-order valence-electron chi connectivity index (χ4n) is 2.66. The van der Waals surface area contributed by atoms with Crippen molar-refractivity contribution in [3.63, 3.8) is 0 Å². The molecule has 2 fully saturated rings. The summed E-state index contributed by atoms with van der Waals surface area (Å²) >= 11 is 0. The number of halogens is 3. The fourth-order valence-corrected chi connectivity index (χ4v) is 2.66. The van der Waals surface area contributed by atoms with Crippen molar-refractivity contribution in [1.82, 2.24) is 4.90 Å². The van der Waals surface area contributed by atoms with Crippen LogP contribution in [0.4, 0.5) is 13.2 Å². The van der Waals surface area contributed by atoms with Gasteiger partial charge in [0.25, 0.3) is 0 Å². The molecule has 2 saturated heterocycles. The second-order valence-corrected chi connectivity index (χ2v) is 5.28. The Morgan fingerprint density at radius 3 is 2.53 bits per heavy atom. The van der Waals surface area contributed by atoms with E-state index >= 15 is 0 Å². The molecule has 110 valence electrons. The van der Waals surface area contributed by atoms with E-state index < -0.39 is 18.3 Å². The molecule has 1 N–H and O–H groups in total. The number of hydrogen-bond donors (Lipinski definition) is 1. The summed E-state index contributed by atoms with van der Waals surface area (Å²) in [5.41, 5.74) is -2.76. The second-order valence-electron chi connectivity index (χ2n) is 5.28. The molecule has 7 heteroatoms. The number of aliphatic hydroxyl groups is 1. The van der Waals surface area contributed by atoms with Crippen LogP contribution in [0.2, 0.25) is 0 Å². The Morgan fingerprint density at radius 2 is 1.95 bits per heavy atom. The van der Waals surface area contributed by atoms with Crippen molar-refractivity contribution in [2.45, 2.75) is 37.5 Å². The average molecular weight is 281 g/mol. The van der Waals surface area contributed by atoms with E-state index in [1.807, 2.05) is 0 Å². The zero-order valence-corrected chi connectivity index (χ0v) is 10.6. The summed E-state index contributed by atoms with van der Waals surface area (Å²) in [6.45, 7) is 0.572. The number of amides is 1. The zero-order valence-electron chi connectivity index (χ0n) is 10.6. The van der Waals surface area contributed by atoms with Crippen LogP contribution in [-0.4, -0.2) is 54.0 Å². The summed E-state index contributed by atoms with van der Waals surface area (Å²) in [7, 11) is 0. The molecule has 19 heavy (non-hydrogen) atoms. The van der Waals surface area contributed by atoms with Crippen molar-refractivity contribution in [1.29, 1.82) is 0 Å². The van der Waals surface area contributed by atoms with Crippen LogP contribution in [0.3, 0.4) is 0 Å². The molecule has 2 aliphatic heterocycles. The Kier molecular flexibility index (Phi) is 4.06. The Hall–Kier alpha value is -0.820. The van der Waals surface area contributed by atoms with E-state index in [4.69, 9.17) is 4.74 Å². The maximum absolute atomic E-state index is 12.8. The number of carbonyl (C=O) groups excluding carboxylic acids is 1. The van der Waals surface area contributed by atoms with E-state index in [0.717, 1.165) is 4.90 Å². The van der Waals surface area contributed by atoms with Crippen molar-refractivity contribution in [2.75, 3.05) is 26.3 Å². The van der Waals surface area contributed by atoms with E-state index in [1.165, 1.54) is 0 Å². The number of likely N-dealkylation sites (tertiary alicyclic amines) is 1. The first-order valence-electron chi connectivity index (χ1n) is 6.49. The first-order chi connectivity index (χ1) is 8.83. The lowest BCUT2D eigenvalue weighted by atomic mass is 9.90. The predicted molar refractivity (Wildman–Crippen MR) is 60.4 cm³/mol. The van der Waals surface area contributed by atoms with Gasteiger partial charge >= 0.3 is 6.18 Å². The van der Waals surface area contributed by atoms with E-state index in [-0.39, 0.29) is 31.2 Å². The third kappa shape index (κ3) is 3.02. The highest BCUT2D eigenvalue weighted by Crippen LogP contribution is 2.37. The molecule has 4 nitrogen and oxygen atoms in total. The lowest BCUT2D eigenvalue weighted by Crippen LogP contribution is -2.59. The molecule has 1 unspecified atom stereocenters. The van der Waals surface area contributed by atoms with Crippen LogP contribution in [0.1, 0.15) is 25.7 Å². The van der Waals surface area contributed by atoms with Gasteiger partial charge in [0.05, 0.1) is 6.54 Å². The van der Waals surface area contributed by atoms with Crippen molar-refractivity contribution >= 4 is 5.91 Å². The number of carbonyl (C=O) groups is 1. The van der Waals surface area contributed by atoms with Gasteiger partial charge in [-0.15, -0.1) is 0 Å². The molecule has 0 aromatic rings. The van der Waals surface area contributed by atoms with Gasteiger partial charge in [-0.05, 0) is 25.7 Å².